The highest BCUT2D eigenvalue weighted by molar-refractivity contribution is 6.04. The Morgan fingerprint density at radius 3 is 2.68 bits per heavy atom. The molecule has 0 unspecified atom stereocenters. The first-order valence-corrected chi connectivity index (χ1v) is 8.66. The molecule has 0 aliphatic carbocycles. The maximum atomic E-state index is 12.6. The fraction of sp³-hybridized carbons (Fsp3) is 0.350. The van der Waals surface area contributed by atoms with Gasteiger partial charge in [-0.1, -0.05) is 6.07 Å². The molecule has 1 aliphatic heterocycles. The topological polar surface area (TPSA) is 76.4 Å². The molecule has 0 aromatic heterocycles. The van der Waals surface area contributed by atoms with E-state index in [1.807, 2.05) is 32.0 Å². The lowest BCUT2D eigenvalue weighted by atomic mass is 10.00. The Bertz CT molecular complexity index is 764. The van der Waals surface area contributed by atoms with E-state index >= 15 is 0 Å². The summed E-state index contributed by atoms with van der Waals surface area (Å²) in [5.41, 5.74) is 11.5. The van der Waals surface area contributed by atoms with Crippen LogP contribution in [-0.2, 0) is 13.0 Å². The van der Waals surface area contributed by atoms with Gasteiger partial charge in [0.05, 0.1) is 0 Å². The van der Waals surface area contributed by atoms with Crippen molar-refractivity contribution in [1.82, 2.24) is 5.32 Å². The lowest BCUT2D eigenvalue weighted by Crippen LogP contribution is -2.23. The number of fused-ring (bicyclic) bond motifs is 1. The molecule has 2 aromatic rings. The third kappa shape index (κ3) is 4.00. The summed E-state index contributed by atoms with van der Waals surface area (Å²) in [6.45, 7) is 6.70. The molecule has 2 aromatic carbocycles. The Balaban J connectivity index is 1.77. The van der Waals surface area contributed by atoms with Crippen molar-refractivity contribution >= 4 is 11.6 Å². The van der Waals surface area contributed by atoms with E-state index in [0.717, 1.165) is 42.1 Å². The molecule has 0 fully saturated rings. The Morgan fingerprint density at radius 2 is 1.96 bits per heavy atom. The zero-order chi connectivity index (χ0) is 17.8. The molecule has 1 amide bonds. The van der Waals surface area contributed by atoms with Crippen molar-refractivity contribution in [3.63, 3.8) is 0 Å². The van der Waals surface area contributed by atoms with Crippen molar-refractivity contribution in [1.29, 1.82) is 0 Å². The van der Waals surface area contributed by atoms with Gasteiger partial charge in [-0.25, -0.2) is 0 Å². The lowest BCUT2D eigenvalue weighted by molar-refractivity contribution is 0.102. The number of amides is 1. The largest absolute Gasteiger partial charge is 0.492 e. The van der Waals surface area contributed by atoms with Gasteiger partial charge in [-0.2, -0.15) is 0 Å². The van der Waals surface area contributed by atoms with Crippen LogP contribution in [-0.4, -0.2) is 25.6 Å². The summed E-state index contributed by atoms with van der Waals surface area (Å²) in [6, 6.07) is 9.83. The lowest BCUT2D eigenvalue weighted by Gasteiger charge is -2.18. The number of carbonyl (C=O) groups excluding carboxylic acids is 1. The van der Waals surface area contributed by atoms with Gasteiger partial charge in [-0.05, 0) is 73.3 Å². The molecule has 0 atom stereocenters. The van der Waals surface area contributed by atoms with Crippen LogP contribution in [0.2, 0.25) is 0 Å². The number of rotatable bonds is 5. The third-order valence-electron chi connectivity index (χ3n) is 4.44. The van der Waals surface area contributed by atoms with Crippen LogP contribution in [0.15, 0.2) is 30.3 Å². The van der Waals surface area contributed by atoms with Crippen molar-refractivity contribution in [3.05, 3.63) is 58.1 Å². The van der Waals surface area contributed by atoms with Crippen molar-refractivity contribution in [3.8, 4) is 5.75 Å². The minimum atomic E-state index is -0.106. The van der Waals surface area contributed by atoms with Crippen LogP contribution in [0, 0.1) is 13.8 Å². The number of nitrogens with one attached hydrogen (secondary N) is 2. The molecule has 132 valence electrons. The van der Waals surface area contributed by atoms with Gasteiger partial charge in [0, 0.05) is 24.3 Å². The molecule has 25 heavy (non-hydrogen) atoms. The van der Waals surface area contributed by atoms with Crippen LogP contribution in [0.5, 0.6) is 5.75 Å². The van der Waals surface area contributed by atoms with E-state index in [-0.39, 0.29) is 5.91 Å². The van der Waals surface area contributed by atoms with Gasteiger partial charge < -0.3 is 21.1 Å². The number of aryl methyl sites for hydroxylation is 2. The van der Waals surface area contributed by atoms with Crippen LogP contribution in [0.1, 0.15) is 32.6 Å². The first-order chi connectivity index (χ1) is 12.1. The number of carbonyl (C=O) groups is 1. The van der Waals surface area contributed by atoms with Crippen LogP contribution < -0.4 is 21.1 Å². The molecule has 0 bridgehead atoms. The molecule has 1 aliphatic rings. The van der Waals surface area contributed by atoms with E-state index in [4.69, 9.17) is 10.5 Å². The summed E-state index contributed by atoms with van der Waals surface area (Å²) in [6.07, 6.45) is 0.991. The van der Waals surface area contributed by atoms with Crippen molar-refractivity contribution in [2.75, 3.05) is 25.0 Å². The van der Waals surface area contributed by atoms with Gasteiger partial charge in [0.2, 0.25) is 0 Å². The smallest absolute Gasteiger partial charge is 0.255 e. The summed E-state index contributed by atoms with van der Waals surface area (Å²) in [5, 5.41) is 6.36. The molecule has 0 saturated heterocycles. The van der Waals surface area contributed by atoms with Crippen molar-refractivity contribution in [2.45, 2.75) is 26.8 Å². The molecular weight excluding hydrogens is 314 g/mol. The second kappa shape index (κ2) is 7.68. The normalized spacial score (nSPS) is 13.2. The quantitative estimate of drug-likeness (QED) is 0.782. The summed E-state index contributed by atoms with van der Waals surface area (Å²) < 4.78 is 5.67. The van der Waals surface area contributed by atoms with Gasteiger partial charge >= 0.3 is 0 Å². The molecule has 5 heteroatoms. The number of benzene rings is 2. The Morgan fingerprint density at radius 1 is 1.20 bits per heavy atom. The number of ether oxygens (including phenoxy) is 1. The second-order valence-electron chi connectivity index (χ2n) is 6.44. The van der Waals surface area contributed by atoms with Gasteiger partial charge in [-0.15, -0.1) is 0 Å². The molecule has 5 nitrogen and oxygen atoms in total. The highest BCUT2D eigenvalue weighted by Gasteiger charge is 2.14. The van der Waals surface area contributed by atoms with E-state index in [1.54, 1.807) is 0 Å². The van der Waals surface area contributed by atoms with E-state index in [0.29, 0.717) is 18.7 Å². The Kier molecular flexibility index (Phi) is 5.36. The highest BCUT2D eigenvalue weighted by atomic mass is 16.5. The second-order valence-corrected chi connectivity index (χ2v) is 6.44. The fourth-order valence-electron chi connectivity index (χ4n) is 3.23. The fourth-order valence-corrected chi connectivity index (χ4v) is 3.23. The monoisotopic (exact) mass is 339 g/mol. The summed E-state index contributed by atoms with van der Waals surface area (Å²) in [5.74, 6) is 0.703. The molecule has 3 rings (SSSR count). The molecule has 4 N–H and O–H groups in total. The van der Waals surface area contributed by atoms with Crippen LogP contribution in [0.4, 0.5) is 5.69 Å². The first-order valence-electron chi connectivity index (χ1n) is 8.66. The minimum Gasteiger partial charge on any atom is -0.492 e. The highest BCUT2D eigenvalue weighted by Crippen LogP contribution is 2.26. The van der Waals surface area contributed by atoms with Gasteiger partial charge in [0.1, 0.15) is 12.4 Å². The van der Waals surface area contributed by atoms with Crippen LogP contribution in [0.3, 0.4) is 0 Å². The number of anilines is 1. The predicted molar refractivity (Wildman–Crippen MR) is 100 cm³/mol. The van der Waals surface area contributed by atoms with Crippen molar-refractivity contribution < 1.29 is 9.53 Å². The summed E-state index contributed by atoms with van der Waals surface area (Å²) in [7, 11) is 0. The summed E-state index contributed by atoms with van der Waals surface area (Å²) >= 11 is 0. The van der Waals surface area contributed by atoms with Crippen LogP contribution in [0.25, 0.3) is 0 Å². The predicted octanol–water partition coefficient (Wildman–Crippen LogP) is 2.54. The maximum Gasteiger partial charge on any atom is 0.255 e. The Labute approximate surface area is 148 Å². The molecule has 0 spiro atoms. The van der Waals surface area contributed by atoms with E-state index < -0.39 is 0 Å². The average molecular weight is 339 g/mol. The average Bonchev–Trinajstić information content (AvgIpc) is 2.61. The SMILES string of the molecule is Cc1cc(C(=O)Nc2ccc3c(c2)CCNC3)cc(C)c1OCCN. The maximum absolute atomic E-state index is 12.6. The zero-order valence-corrected chi connectivity index (χ0v) is 14.8. The number of nitrogens with two attached hydrogens (primary N) is 1. The minimum absolute atomic E-state index is 0.106. The molecule has 0 saturated carbocycles. The molecule has 0 radical (unpaired) electrons. The van der Waals surface area contributed by atoms with Gasteiger partial charge in [0.15, 0.2) is 0 Å². The van der Waals surface area contributed by atoms with Gasteiger partial charge in [0.25, 0.3) is 5.91 Å². The molecule has 1 heterocycles. The summed E-state index contributed by atoms with van der Waals surface area (Å²) in [4.78, 5) is 12.6. The van der Waals surface area contributed by atoms with Crippen LogP contribution >= 0.6 is 0 Å². The zero-order valence-electron chi connectivity index (χ0n) is 14.8. The van der Waals surface area contributed by atoms with E-state index in [2.05, 4.69) is 22.8 Å². The third-order valence-corrected chi connectivity index (χ3v) is 4.44. The van der Waals surface area contributed by atoms with E-state index in [9.17, 15) is 4.79 Å². The first kappa shape index (κ1) is 17.5. The van der Waals surface area contributed by atoms with E-state index in [1.165, 1.54) is 11.1 Å². The number of hydrogen-bond acceptors (Lipinski definition) is 4. The van der Waals surface area contributed by atoms with Gasteiger partial charge in [-0.3, -0.25) is 4.79 Å². The number of hydrogen-bond donors (Lipinski definition) is 3. The Hall–Kier alpha value is -2.37. The standard InChI is InChI=1S/C20H25N3O2/c1-13-9-17(10-14(2)19(13)25-8-6-21)20(24)23-18-4-3-16-12-22-7-5-15(16)11-18/h3-4,9-11,22H,5-8,12,21H2,1-2H3,(H,23,24). The van der Waals surface area contributed by atoms with Crippen molar-refractivity contribution in [2.24, 2.45) is 5.73 Å². The molecular formula is C20H25N3O2.